The van der Waals surface area contributed by atoms with Crippen LogP contribution in [0.5, 0.6) is 0 Å². The van der Waals surface area contributed by atoms with E-state index in [1.165, 1.54) is 0 Å². The van der Waals surface area contributed by atoms with Gasteiger partial charge in [0.25, 0.3) is 0 Å². The fourth-order valence-electron chi connectivity index (χ4n) is 2.35. The fourth-order valence-corrected chi connectivity index (χ4v) is 2.35. The number of carbonyl (C=O) groups is 1. The summed E-state index contributed by atoms with van der Waals surface area (Å²) in [5, 5.41) is 18.3. The molecule has 2 rings (SSSR count). The number of benzene rings is 1. The zero-order valence-corrected chi connectivity index (χ0v) is 11.7. The summed E-state index contributed by atoms with van der Waals surface area (Å²) in [7, 11) is 0. The van der Waals surface area contributed by atoms with Crippen LogP contribution in [-0.2, 0) is 16.1 Å². The van der Waals surface area contributed by atoms with Crippen molar-refractivity contribution < 1.29 is 19.7 Å². The second kappa shape index (κ2) is 6.83. The molecule has 1 aliphatic rings. The summed E-state index contributed by atoms with van der Waals surface area (Å²) in [4.78, 5) is 13.1. The van der Waals surface area contributed by atoms with Crippen LogP contribution < -0.4 is 0 Å². The van der Waals surface area contributed by atoms with Crippen LogP contribution in [0, 0.1) is 0 Å². The van der Waals surface area contributed by atoms with E-state index in [0.717, 1.165) is 24.2 Å². The Morgan fingerprint density at radius 1 is 1.45 bits per heavy atom. The molecule has 0 aliphatic carbocycles. The SMILES string of the molecule is CC(C(=O)O)c1ccc(CN2CCOCC2CO)cc1. The summed E-state index contributed by atoms with van der Waals surface area (Å²) in [6, 6.07) is 7.68. The maximum Gasteiger partial charge on any atom is 0.310 e. The Labute approximate surface area is 118 Å². The molecule has 20 heavy (non-hydrogen) atoms. The van der Waals surface area contributed by atoms with Gasteiger partial charge in [0.2, 0.25) is 0 Å². The number of aliphatic hydroxyl groups is 1. The summed E-state index contributed by atoms with van der Waals surface area (Å²) in [6.07, 6.45) is 0. The lowest BCUT2D eigenvalue weighted by molar-refractivity contribution is -0.138. The number of nitrogens with zero attached hydrogens (tertiary/aromatic N) is 1. The highest BCUT2D eigenvalue weighted by molar-refractivity contribution is 5.75. The monoisotopic (exact) mass is 279 g/mol. The number of hydrogen-bond acceptors (Lipinski definition) is 4. The molecule has 0 saturated carbocycles. The molecule has 1 aromatic carbocycles. The standard InChI is InChI=1S/C15H21NO4/c1-11(15(18)19)13-4-2-12(3-5-13)8-16-6-7-20-10-14(16)9-17/h2-5,11,14,17H,6-10H2,1H3,(H,18,19). The average Bonchev–Trinajstić information content (AvgIpc) is 2.48. The van der Waals surface area contributed by atoms with Crippen molar-refractivity contribution in [3.63, 3.8) is 0 Å². The highest BCUT2D eigenvalue weighted by Crippen LogP contribution is 2.18. The summed E-state index contributed by atoms with van der Waals surface area (Å²) in [5.74, 6) is -1.30. The molecule has 0 spiro atoms. The molecule has 2 N–H and O–H groups in total. The Morgan fingerprint density at radius 2 is 2.15 bits per heavy atom. The van der Waals surface area contributed by atoms with Crippen molar-refractivity contribution >= 4 is 5.97 Å². The van der Waals surface area contributed by atoms with Crippen molar-refractivity contribution in [3.05, 3.63) is 35.4 Å². The number of aliphatic hydroxyl groups excluding tert-OH is 1. The van der Waals surface area contributed by atoms with Gasteiger partial charge in [0.1, 0.15) is 0 Å². The second-order valence-corrected chi connectivity index (χ2v) is 5.18. The lowest BCUT2D eigenvalue weighted by Crippen LogP contribution is -2.46. The minimum Gasteiger partial charge on any atom is -0.481 e. The molecule has 0 amide bonds. The first-order valence-corrected chi connectivity index (χ1v) is 6.86. The van der Waals surface area contributed by atoms with Crippen molar-refractivity contribution in [3.8, 4) is 0 Å². The molecular formula is C15H21NO4. The largest absolute Gasteiger partial charge is 0.481 e. The number of carboxylic acids is 1. The summed E-state index contributed by atoms with van der Waals surface area (Å²) < 4.78 is 5.35. The molecule has 1 heterocycles. The van der Waals surface area contributed by atoms with E-state index in [0.29, 0.717) is 13.2 Å². The van der Waals surface area contributed by atoms with E-state index in [2.05, 4.69) is 4.90 Å². The normalized spacial score (nSPS) is 21.6. The minimum atomic E-state index is -0.814. The van der Waals surface area contributed by atoms with Crippen molar-refractivity contribution in [1.29, 1.82) is 0 Å². The molecule has 0 aromatic heterocycles. The molecule has 110 valence electrons. The highest BCUT2D eigenvalue weighted by Gasteiger charge is 2.22. The maximum absolute atomic E-state index is 10.9. The molecule has 5 nitrogen and oxygen atoms in total. The number of carboxylic acid groups (broad SMARTS) is 1. The molecule has 2 unspecified atom stereocenters. The van der Waals surface area contributed by atoms with Crippen LogP contribution in [0.3, 0.4) is 0 Å². The van der Waals surface area contributed by atoms with Gasteiger partial charge in [-0.2, -0.15) is 0 Å². The number of morpholine rings is 1. The van der Waals surface area contributed by atoms with Crippen LogP contribution in [-0.4, -0.2) is 53.5 Å². The van der Waals surface area contributed by atoms with Crippen LogP contribution in [0.1, 0.15) is 24.0 Å². The zero-order chi connectivity index (χ0) is 14.5. The number of ether oxygens (including phenoxy) is 1. The van der Waals surface area contributed by atoms with E-state index >= 15 is 0 Å². The van der Waals surface area contributed by atoms with Crippen LogP contribution >= 0.6 is 0 Å². The van der Waals surface area contributed by atoms with E-state index < -0.39 is 11.9 Å². The predicted molar refractivity (Wildman–Crippen MR) is 74.6 cm³/mol. The van der Waals surface area contributed by atoms with Crippen LogP contribution in [0.2, 0.25) is 0 Å². The van der Waals surface area contributed by atoms with Gasteiger partial charge in [0.05, 0.1) is 31.8 Å². The minimum absolute atomic E-state index is 0.0429. The lowest BCUT2D eigenvalue weighted by atomic mass is 10.00. The molecular weight excluding hydrogens is 258 g/mol. The molecule has 2 atom stereocenters. The van der Waals surface area contributed by atoms with Gasteiger partial charge in [-0.3, -0.25) is 9.69 Å². The predicted octanol–water partition coefficient (Wildman–Crippen LogP) is 1.07. The maximum atomic E-state index is 10.9. The summed E-state index contributed by atoms with van der Waals surface area (Å²) in [6.45, 7) is 4.57. The van der Waals surface area contributed by atoms with Crippen LogP contribution in [0.4, 0.5) is 0 Å². The third kappa shape index (κ3) is 3.56. The average molecular weight is 279 g/mol. The molecule has 1 saturated heterocycles. The Hall–Kier alpha value is -1.43. The number of aliphatic carboxylic acids is 1. The van der Waals surface area contributed by atoms with Gasteiger partial charge in [-0.1, -0.05) is 24.3 Å². The van der Waals surface area contributed by atoms with Gasteiger partial charge in [-0.25, -0.2) is 0 Å². The molecule has 1 aromatic rings. The summed E-state index contributed by atoms with van der Waals surface area (Å²) in [5.41, 5.74) is 1.92. The van der Waals surface area contributed by atoms with Gasteiger partial charge in [-0.05, 0) is 18.1 Å². The first-order valence-electron chi connectivity index (χ1n) is 6.86. The third-order valence-electron chi connectivity index (χ3n) is 3.80. The Morgan fingerprint density at radius 3 is 2.75 bits per heavy atom. The van der Waals surface area contributed by atoms with Gasteiger partial charge in [-0.15, -0.1) is 0 Å². The van der Waals surface area contributed by atoms with Crippen molar-refractivity contribution in [2.24, 2.45) is 0 Å². The van der Waals surface area contributed by atoms with E-state index in [1.807, 2.05) is 24.3 Å². The quantitative estimate of drug-likeness (QED) is 0.843. The first-order chi connectivity index (χ1) is 9.61. The molecule has 0 bridgehead atoms. The number of hydrogen-bond donors (Lipinski definition) is 2. The molecule has 1 aliphatic heterocycles. The highest BCUT2D eigenvalue weighted by atomic mass is 16.5. The first kappa shape index (κ1) is 15.0. The van der Waals surface area contributed by atoms with Gasteiger partial charge in [0.15, 0.2) is 0 Å². The lowest BCUT2D eigenvalue weighted by Gasteiger charge is -2.34. The molecule has 1 fully saturated rings. The van der Waals surface area contributed by atoms with Gasteiger partial charge < -0.3 is 14.9 Å². The van der Waals surface area contributed by atoms with Crippen LogP contribution in [0.15, 0.2) is 24.3 Å². The van der Waals surface area contributed by atoms with E-state index in [1.54, 1.807) is 6.92 Å². The van der Waals surface area contributed by atoms with Crippen molar-refractivity contribution in [1.82, 2.24) is 4.90 Å². The smallest absolute Gasteiger partial charge is 0.310 e. The Balaban J connectivity index is 2.01. The second-order valence-electron chi connectivity index (χ2n) is 5.18. The Bertz CT molecular complexity index is 446. The van der Waals surface area contributed by atoms with E-state index in [9.17, 15) is 9.90 Å². The Kier molecular flexibility index (Phi) is 5.11. The molecule has 5 heteroatoms. The van der Waals surface area contributed by atoms with E-state index in [-0.39, 0.29) is 12.6 Å². The van der Waals surface area contributed by atoms with E-state index in [4.69, 9.17) is 9.84 Å². The summed E-state index contributed by atoms with van der Waals surface area (Å²) >= 11 is 0. The third-order valence-corrected chi connectivity index (χ3v) is 3.80. The van der Waals surface area contributed by atoms with Crippen LogP contribution in [0.25, 0.3) is 0 Å². The zero-order valence-electron chi connectivity index (χ0n) is 11.7. The van der Waals surface area contributed by atoms with Crippen molar-refractivity contribution in [2.45, 2.75) is 25.4 Å². The number of rotatable bonds is 5. The molecule has 0 radical (unpaired) electrons. The van der Waals surface area contributed by atoms with Gasteiger partial charge >= 0.3 is 5.97 Å². The fraction of sp³-hybridized carbons (Fsp3) is 0.533. The van der Waals surface area contributed by atoms with Crippen molar-refractivity contribution in [2.75, 3.05) is 26.4 Å². The van der Waals surface area contributed by atoms with Gasteiger partial charge in [0, 0.05) is 13.1 Å². The topological polar surface area (TPSA) is 70.0 Å².